The molecular weight excluding hydrogens is 473 g/mol. The number of benzene rings is 2. The van der Waals surface area contributed by atoms with Gasteiger partial charge in [0.1, 0.15) is 24.2 Å². The summed E-state index contributed by atoms with van der Waals surface area (Å²) in [5, 5.41) is 2.84. The summed E-state index contributed by atoms with van der Waals surface area (Å²) in [7, 11) is -3.83. The fraction of sp³-hybridized carbons (Fsp3) is 0.440. The van der Waals surface area contributed by atoms with E-state index in [1.165, 1.54) is 29.2 Å². The lowest BCUT2D eigenvalue weighted by Gasteiger charge is -2.33. The van der Waals surface area contributed by atoms with Gasteiger partial charge in [0.15, 0.2) is 0 Å². The summed E-state index contributed by atoms with van der Waals surface area (Å²) >= 11 is 0. The maximum absolute atomic E-state index is 13.5. The summed E-state index contributed by atoms with van der Waals surface area (Å²) in [5.74, 6) is -0.824. The number of nitrogens with zero attached hydrogens (tertiary/aromatic N) is 2. The molecule has 2 aromatic rings. The van der Waals surface area contributed by atoms with Crippen molar-refractivity contribution < 1.29 is 27.1 Å². The Morgan fingerprint density at radius 2 is 1.63 bits per heavy atom. The highest BCUT2D eigenvalue weighted by Gasteiger charge is 2.31. The van der Waals surface area contributed by atoms with Crippen LogP contribution in [0.15, 0.2) is 48.5 Å². The molecule has 1 N–H and O–H groups in total. The molecule has 0 aliphatic carbocycles. The van der Waals surface area contributed by atoms with Crippen LogP contribution < -0.4 is 14.4 Å². The van der Waals surface area contributed by atoms with Crippen LogP contribution in [0.2, 0.25) is 0 Å². The molecule has 0 aliphatic rings. The Labute approximate surface area is 207 Å². The molecule has 0 aromatic heterocycles. The molecule has 8 nitrogen and oxygen atoms in total. The van der Waals surface area contributed by atoms with Crippen LogP contribution in [0.5, 0.6) is 5.75 Å². The van der Waals surface area contributed by atoms with Crippen molar-refractivity contribution in [1.82, 2.24) is 10.2 Å². The molecule has 2 rings (SSSR count). The molecule has 1 atom stereocenters. The lowest BCUT2D eigenvalue weighted by atomic mass is 10.1. The average Bonchev–Trinajstić information content (AvgIpc) is 2.75. The van der Waals surface area contributed by atoms with E-state index < -0.39 is 39.9 Å². The highest BCUT2D eigenvalue weighted by atomic mass is 32.2. The second-order valence-corrected chi connectivity index (χ2v) is 11.2. The summed E-state index contributed by atoms with van der Waals surface area (Å²) < 4.78 is 45.0. The normalized spacial score (nSPS) is 12.5. The van der Waals surface area contributed by atoms with Crippen molar-refractivity contribution in [2.75, 3.05) is 23.7 Å². The Hall–Kier alpha value is -3.14. The number of carbonyl (C=O) groups excluding carboxylic acids is 2. The highest BCUT2D eigenvalue weighted by molar-refractivity contribution is 7.92. The van der Waals surface area contributed by atoms with E-state index in [9.17, 15) is 22.4 Å². The first-order chi connectivity index (χ1) is 16.2. The average molecular weight is 508 g/mol. The molecule has 192 valence electrons. The molecule has 0 fully saturated rings. The first-order valence-electron chi connectivity index (χ1n) is 11.3. The maximum Gasteiger partial charge on any atom is 0.244 e. The molecule has 2 amide bonds. The maximum atomic E-state index is 13.5. The summed E-state index contributed by atoms with van der Waals surface area (Å²) in [6.45, 7) is 8.82. The number of hydrogen-bond donors (Lipinski definition) is 1. The Morgan fingerprint density at radius 1 is 1.06 bits per heavy atom. The quantitative estimate of drug-likeness (QED) is 0.532. The van der Waals surface area contributed by atoms with E-state index in [-0.39, 0.29) is 18.1 Å². The van der Waals surface area contributed by atoms with E-state index in [1.807, 2.05) is 27.7 Å². The second-order valence-electron chi connectivity index (χ2n) is 9.26. The molecule has 10 heteroatoms. The van der Waals surface area contributed by atoms with Gasteiger partial charge in [-0.15, -0.1) is 0 Å². The van der Waals surface area contributed by atoms with Crippen LogP contribution in [-0.4, -0.2) is 56.1 Å². The zero-order valence-electron chi connectivity index (χ0n) is 21.0. The van der Waals surface area contributed by atoms with Crippen molar-refractivity contribution in [3.05, 3.63) is 59.9 Å². The fourth-order valence-corrected chi connectivity index (χ4v) is 4.18. The monoisotopic (exact) mass is 507 g/mol. The Bertz CT molecular complexity index is 1110. The third-order valence-corrected chi connectivity index (χ3v) is 6.19. The van der Waals surface area contributed by atoms with Gasteiger partial charge in [-0.1, -0.05) is 12.1 Å². The lowest BCUT2D eigenvalue weighted by Crippen LogP contribution is -2.54. The molecule has 0 spiro atoms. The minimum absolute atomic E-state index is 0.00127. The van der Waals surface area contributed by atoms with Gasteiger partial charge in [-0.3, -0.25) is 13.9 Å². The number of ether oxygens (including phenoxy) is 1. The van der Waals surface area contributed by atoms with E-state index >= 15 is 0 Å². The first kappa shape index (κ1) is 28.1. The van der Waals surface area contributed by atoms with Crippen molar-refractivity contribution in [3.8, 4) is 5.75 Å². The molecule has 0 radical (unpaired) electrons. The van der Waals surface area contributed by atoms with Gasteiger partial charge in [0.05, 0.1) is 18.6 Å². The topological polar surface area (TPSA) is 96.0 Å². The van der Waals surface area contributed by atoms with Crippen LogP contribution in [0.4, 0.5) is 10.1 Å². The number of rotatable bonds is 10. The third kappa shape index (κ3) is 8.54. The van der Waals surface area contributed by atoms with Crippen molar-refractivity contribution in [1.29, 1.82) is 0 Å². The summed E-state index contributed by atoms with van der Waals surface area (Å²) in [6.07, 6.45) is 1.01. The largest absolute Gasteiger partial charge is 0.494 e. The Kier molecular flexibility index (Phi) is 9.25. The van der Waals surface area contributed by atoms with Gasteiger partial charge in [0.25, 0.3) is 0 Å². The van der Waals surface area contributed by atoms with Crippen molar-refractivity contribution >= 4 is 27.5 Å². The summed E-state index contributed by atoms with van der Waals surface area (Å²) in [6, 6.07) is 11.0. The second kappa shape index (κ2) is 11.5. The molecule has 0 saturated heterocycles. The number of hydrogen-bond acceptors (Lipinski definition) is 5. The van der Waals surface area contributed by atoms with Crippen LogP contribution in [0.25, 0.3) is 0 Å². The minimum atomic E-state index is -3.83. The van der Waals surface area contributed by atoms with Gasteiger partial charge < -0.3 is 15.0 Å². The van der Waals surface area contributed by atoms with Gasteiger partial charge in [0, 0.05) is 12.1 Å². The zero-order valence-corrected chi connectivity index (χ0v) is 21.9. The minimum Gasteiger partial charge on any atom is -0.494 e. The Balaban J connectivity index is 2.37. The number of anilines is 1. The lowest BCUT2D eigenvalue weighted by molar-refractivity contribution is -0.140. The first-order valence-corrected chi connectivity index (χ1v) is 13.1. The van der Waals surface area contributed by atoms with Crippen LogP contribution >= 0.6 is 0 Å². The Morgan fingerprint density at radius 3 is 2.11 bits per heavy atom. The highest BCUT2D eigenvalue weighted by Crippen LogP contribution is 2.22. The van der Waals surface area contributed by atoms with Gasteiger partial charge in [0.2, 0.25) is 21.8 Å². The summed E-state index contributed by atoms with van der Waals surface area (Å²) in [5.41, 5.74) is 0.358. The van der Waals surface area contributed by atoms with Gasteiger partial charge in [-0.05, 0) is 76.6 Å². The molecule has 0 unspecified atom stereocenters. The molecule has 35 heavy (non-hydrogen) atoms. The zero-order chi connectivity index (χ0) is 26.4. The molecule has 2 aromatic carbocycles. The van der Waals surface area contributed by atoms with E-state index in [0.29, 0.717) is 17.9 Å². The van der Waals surface area contributed by atoms with Crippen LogP contribution in [0, 0.1) is 5.82 Å². The molecule has 0 aliphatic heterocycles. The van der Waals surface area contributed by atoms with Crippen molar-refractivity contribution in [3.63, 3.8) is 0 Å². The van der Waals surface area contributed by atoms with Gasteiger partial charge in [-0.2, -0.15) is 0 Å². The predicted molar refractivity (Wildman–Crippen MR) is 134 cm³/mol. The molecule has 0 saturated carbocycles. The molecular formula is C25H34FN3O5S. The van der Waals surface area contributed by atoms with E-state index in [1.54, 1.807) is 31.2 Å². The van der Waals surface area contributed by atoms with Crippen molar-refractivity contribution in [2.45, 2.75) is 52.7 Å². The van der Waals surface area contributed by atoms with Crippen LogP contribution in [0.1, 0.15) is 40.2 Å². The number of sulfonamides is 1. The SMILES string of the molecule is CCOc1ccc(N(CC(=O)N(Cc2ccc(F)cc2)[C@H](C)C(=O)NC(C)(C)C)S(C)(=O)=O)cc1. The number of carbonyl (C=O) groups is 2. The predicted octanol–water partition coefficient (Wildman–Crippen LogP) is 3.32. The molecule has 0 heterocycles. The number of nitrogens with one attached hydrogen (secondary N) is 1. The standard InChI is InChI=1S/C25H34FN3O5S/c1-7-34-22-14-12-21(13-15-22)29(35(6,32)33)17-23(30)28(16-19-8-10-20(26)11-9-19)18(2)24(31)27-25(3,4)5/h8-15,18H,7,16-17H2,1-6H3,(H,27,31)/t18-/m1/s1. The fourth-order valence-electron chi connectivity index (χ4n) is 3.33. The van der Waals surface area contributed by atoms with E-state index in [0.717, 1.165) is 10.6 Å². The number of halogens is 1. The van der Waals surface area contributed by atoms with Crippen LogP contribution in [0.3, 0.4) is 0 Å². The van der Waals surface area contributed by atoms with E-state index in [4.69, 9.17) is 4.74 Å². The van der Waals surface area contributed by atoms with Crippen LogP contribution in [-0.2, 0) is 26.2 Å². The van der Waals surface area contributed by atoms with Crippen molar-refractivity contribution in [2.24, 2.45) is 0 Å². The third-order valence-electron chi connectivity index (χ3n) is 5.05. The summed E-state index contributed by atoms with van der Waals surface area (Å²) in [4.78, 5) is 27.6. The van der Waals surface area contributed by atoms with E-state index in [2.05, 4.69) is 5.32 Å². The smallest absolute Gasteiger partial charge is 0.244 e. The number of amides is 2. The van der Waals surface area contributed by atoms with Gasteiger partial charge >= 0.3 is 0 Å². The molecule has 0 bridgehead atoms. The van der Waals surface area contributed by atoms with Gasteiger partial charge in [-0.25, -0.2) is 12.8 Å².